The van der Waals surface area contributed by atoms with Gasteiger partial charge in [-0.05, 0) is 24.5 Å². The standard InChI is InChI=1S/C15H18N2O3S/c1-9-17(12(8-21-9)15(19)20)14(18)13-11-5-3-2-4-10(11)6-7-16-13/h2-5,9,12-13,16H,6-8H2,1H3,(H,19,20). The fourth-order valence-corrected chi connectivity index (χ4v) is 4.22. The van der Waals surface area contributed by atoms with Gasteiger partial charge in [-0.15, -0.1) is 11.8 Å². The predicted octanol–water partition coefficient (Wildman–Crippen LogP) is 1.25. The van der Waals surface area contributed by atoms with Gasteiger partial charge in [0.25, 0.3) is 0 Å². The number of carboxylic acid groups (broad SMARTS) is 1. The molecule has 0 saturated carbocycles. The highest BCUT2D eigenvalue weighted by atomic mass is 32.2. The Morgan fingerprint density at radius 1 is 1.38 bits per heavy atom. The number of aliphatic carboxylic acids is 1. The first-order chi connectivity index (χ1) is 10.1. The molecule has 5 nitrogen and oxygen atoms in total. The summed E-state index contributed by atoms with van der Waals surface area (Å²) < 4.78 is 0. The number of nitrogens with zero attached hydrogens (tertiary/aromatic N) is 1. The highest BCUT2D eigenvalue weighted by Crippen LogP contribution is 2.33. The molecule has 21 heavy (non-hydrogen) atoms. The first-order valence-corrected chi connectivity index (χ1v) is 8.12. The van der Waals surface area contributed by atoms with Crippen LogP contribution in [-0.4, -0.2) is 45.6 Å². The number of carboxylic acids is 1. The SMILES string of the molecule is CC1SCC(C(=O)O)N1C(=O)C1NCCc2ccccc21. The van der Waals surface area contributed by atoms with Crippen LogP contribution in [0, 0.1) is 0 Å². The summed E-state index contributed by atoms with van der Waals surface area (Å²) in [7, 11) is 0. The van der Waals surface area contributed by atoms with E-state index < -0.39 is 18.1 Å². The van der Waals surface area contributed by atoms with Crippen molar-refractivity contribution in [3.63, 3.8) is 0 Å². The van der Waals surface area contributed by atoms with Gasteiger partial charge in [0, 0.05) is 12.3 Å². The first kappa shape index (κ1) is 14.4. The molecule has 112 valence electrons. The molecule has 2 heterocycles. The zero-order chi connectivity index (χ0) is 15.0. The molecule has 0 aromatic heterocycles. The third kappa shape index (κ3) is 2.53. The number of benzene rings is 1. The maximum absolute atomic E-state index is 12.9. The minimum atomic E-state index is -0.927. The van der Waals surface area contributed by atoms with Crippen LogP contribution in [0.25, 0.3) is 0 Å². The molecule has 0 radical (unpaired) electrons. The highest BCUT2D eigenvalue weighted by Gasteiger charge is 2.42. The average molecular weight is 306 g/mol. The monoisotopic (exact) mass is 306 g/mol. The fraction of sp³-hybridized carbons (Fsp3) is 0.467. The number of hydrogen-bond donors (Lipinski definition) is 2. The molecule has 1 aromatic carbocycles. The Kier molecular flexibility index (Phi) is 3.91. The van der Waals surface area contributed by atoms with Crippen LogP contribution in [0.1, 0.15) is 24.1 Å². The Morgan fingerprint density at radius 2 is 2.14 bits per heavy atom. The lowest BCUT2D eigenvalue weighted by Crippen LogP contribution is -2.50. The number of rotatable bonds is 2. The zero-order valence-electron chi connectivity index (χ0n) is 11.8. The summed E-state index contributed by atoms with van der Waals surface area (Å²) in [5.41, 5.74) is 2.14. The lowest BCUT2D eigenvalue weighted by molar-refractivity contribution is -0.150. The van der Waals surface area contributed by atoms with Gasteiger partial charge in [0.15, 0.2) is 0 Å². The summed E-state index contributed by atoms with van der Waals surface area (Å²) in [6.07, 6.45) is 0.895. The normalized spacial score (nSPS) is 28.2. The predicted molar refractivity (Wildman–Crippen MR) is 81.1 cm³/mol. The van der Waals surface area contributed by atoms with E-state index in [0.717, 1.165) is 18.5 Å². The van der Waals surface area contributed by atoms with Crippen LogP contribution < -0.4 is 5.32 Å². The summed E-state index contributed by atoms with van der Waals surface area (Å²) in [5.74, 6) is -0.604. The molecule has 3 rings (SSSR count). The van der Waals surface area contributed by atoms with Gasteiger partial charge in [-0.1, -0.05) is 24.3 Å². The van der Waals surface area contributed by atoms with Gasteiger partial charge < -0.3 is 15.3 Å². The molecular weight excluding hydrogens is 288 g/mol. The molecule has 3 atom stereocenters. The Hall–Kier alpha value is -1.53. The maximum Gasteiger partial charge on any atom is 0.327 e. The molecule has 2 N–H and O–H groups in total. The van der Waals surface area contributed by atoms with Gasteiger partial charge in [0.05, 0.1) is 5.37 Å². The number of nitrogens with one attached hydrogen (secondary N) is 1. The lowest BCUT2D eigenvalue weighted by atomic mass is 9.93. The van der Waals surface area contributed by atoms with Crippen LogP contribution in [0.2, 0.25) is 0 Å². The molecule has 1 fully saturated rings. The Bertz CT molecular complexity index is 578. The van der Waals surface area contributed by atoms with E-state index in [9.17, 15) is 14.7 Å². The average Bonchev–Trinajstić information content (AvgIpc) is 2.88. The number of amides is 1. The van der Waals surface area contributed by atoms with E-state index in [2.05, 4.69) is 5.32 Å². The minimum absolute atomic E-state index is 0.102. The third-order valence-electron chi connectivity index (χ3n) is 4.12. The smallest absolute Gasteiger partial charge is 0.327 e. The van der Waals surface area contributed by atoms with Crippen molar-refractivity contribution >= 4 is 23.6 Å². The number of hydrogen-bond acceptors (Lipinski definition) is 4. The van der Waals surface area contributed by atoms with Gasteiger partial charge >= 0.3 is 5.97 Å². The highest BCUT2D eigenvalue weighted by molar-refractivity contribution is 8.00. The van der Waals surface area contributed by atoms with E-state index in [1.807, 2.05) is 31.2 Å². The zero-order valence-corrected chi connectivity index (χ0v) is 12.6. The van der Waals surface area contributed by atoms with E-state index >= 15 is 0 Å². The topological polar surface area (TPSA) is 69.6 Å². The van der Waals surface area contributed by atoms with Crippen LogP contribution in [0.3, 0.4) is 0 Å². The molecule has 1 amide bonds. The van der Waals surface area contributed by atoms with Crippen molar-refractivity contribution in [1.82, 2.24) is 10.2 Å². The fourth-order valence-electron chi connectivity index (χ4n) is 3.04. The van der Waals surface area contributed by atoms with Crippen LogP contribution in [0.15, 0.2) is 24.3 Å². The van der Waals surface area contributed by atoms with Crippen LogP contribution in [0.5, 0.6) is 0 Å². The first-order valence-electron chi connectivity index (χ1n) is 7.07. The molecule has 2 aliphatic rings. The Balaban J connectivity index is 1.90. The maximum atomic E-state index is 12.9. The van der Waals surface area contributed by atoms with Gasteiger partial charge in [-0.25, -0.2) is 4.79 Å². The molecule has 0 bridgehead atoms. The van der Waals surface area contributed by atoms with E-state index in [4.69, 9.17) is 0 Å². The van der Waals surface area contributed by atoms with Crippen LogP contribution in [-0.2, 0) is 16.0 Å². The number of carbonyl (C=O) groups is 2. The van der Waals surface area contributed by atoms with Gasteiger partial charge in [-0.3, -0.25) is 4.79 Å². The van der Waals surface area contributed by atoms with Gasteiger partial charge in [0.2, 0.25) is 5.91 Å². The van der Waals surface area contributed by atoms with E-state index in [0.29, 0.717) is 5.75 Å². The summed E-state index contributed by atoms with van der Waals surface area (Å²) in [6.45, 7) is 2.63. The van der Waals surface area contributed by atoms with Crippen molar-refractivity contribution in [2.75, 3.05) is 12.3 Å². The van der Waals surface area contributed by atoms with Crippen molar-refractivity contribution in [3.05, 3.63) is 35.4 Å². The number of thioether (sulfide) groups is 1. The largest absolute Gasteiger partial charge is 0.480 e. The van der Waals surface area contributed by atoms with E-state index in [1.54, 1.807) is 0 Å². The number of fused-ring (bicyclic) bond motifs is 1. The van der Waals surface area contributed by atoms with Gasteiger partial charge in [0.1, 0.15) is 12.1 Å². The molecule has 6 heteroatoms. The molecule has 0 aliphatic carbocycles. The van der Waals surface area contributed by atoms with E-state index in [1.165, 1.54) is 22.2 Å². The summed E-state index contributed by atoms with van der Waals surface area (Å²) in [4.78, 5) is 25.8. The summed E-state index contributed by atoms with van der Waals surface area (Å²) in [6, 6.07) is 6.72. The molecule has 2 aliphatic heterocycles. The molecule has 1 aromatic rings. The third-order valence-corrected chi connectivity index (χ3v) is 5.34. The second kappa shape index (κ2) is 5.69. The van der Waals surface area contributed by atoms with E-state index in [-0.39, 0.29) is 11.3 Å². The molecule has 1 saturated heterocycles. The van der Waals surface area contributed by atoms with Crippen LogP contribution >= 0.6 is 11.8 Å². The van der Waals surface area contributed by atoms with Gasteiger partial charge in [-0.2, -0.15) is 0 Å². The van der Waals surface area contributed by atoms with Crippen molar-refractivity contribution < 1.29 is 14.7 Å². The second-order valence-corrected chi connectivity index (χ2v) is 6.72. The lowest BCUT2D eigenvalue weighted by Gasteiger charge is -2.33. The summed E-state index contributed by atoms with van der Waals surface area (Å²) in [5, 5.41) is 12.5. The summed E-state index contributed by atoms with van der Waals surface area (Å²) >= 11 is 1.51. The quantitative estimate of drug-likeness (QED) is 0.860. The Morgan fingerprint density at radius 3 is 2.90 bits per heavy atom. The molecular formula is C15H18N2O3S. The molecule has 3 unspecified atom stereocenters. The van der Waals surface area contributed by atoms with Crippen LogP contribution in [0.4, 0.5) is 0 Å². The van der Waals surface area contributed by atoms with Crippen molar-refractivity contribution in [3.8, 4) is 0 Å². The number of carbonyl (C=O) groups excluding carboxylic acids is 1. The molecule has 0 spiro atoms. The van der Waals surface area contributed by atoms with Crippen molar-refractivity contribution in [1.29, 1.82) is 0 Å². The Labute approximate surface area is 127 Å². The van der Waals surface area contributed by atoms with Crippen molar-refractivity contribution in [2.24, 2.45) is 0 Å². The second-order valence-electron chi connectivity index (χ2n) is 5.37. The minimum Gasteiger partial charge on any atom is -0.480 e. The van der Waals surface area contributed by atoms with Crippen molar-refractivity contribution in [2.45, 2.75) is 30.8 Å².